The number of nitrogens with two attached hydrogens (primary N) is 1. The topological polar surface area (TPSA) is 26.0 Å². The largest absolute Gasteiger partial charge is 0.328 e. The molecule has 1 fully saturated rings. The molecular formula is C18H31NS. The van der Waals surface area contributed by atoms with Crippen LogP contribution < -0.4 is 5.73 Å². The lowest BCUT2D eigenvalue weighted by Crippen LogP contribution is -2.22. The first-order chi connectivity index (χ1) is 9.72. The van der Waals surface area contributed by atoms with Crippen molar-refractivity contribution in [3.05, 3.63) is 29.8 Å². The Labute approximate surface area is 130 Å². The maximum atomic E-state index is 5.63. The molecule has 2 rings (SSSR count). The molecule has 0 heterocycles. The first-order valence-corrected chi connectivity index (χ1v) is 8.70. The van der Waals surface area contributed by atoms with Gasteiger partial charge in [-0.15, -0.1) is 12.6 Å². The molecule has 0 radical (unpaired) electrons. The molecule has 1 nitrogen and oxygen atoms in total. The standard InChI is InChI=1S/C12H18S.C6H13N/c1-2-3-4-5-7-11-8-6-9-12(13)10-11;7-6-4-2-1-3-5-6/h6,8-10,13H,2-5,7H2,1H3;6H,1-5,7H2. The van der Waals surface area contributed by atoms with Gasteiger partial charge in [-0.3, -0.25) is 0 Å². The van der Waals surface area contributed by atoms with Gasteiger partial charge in [-0.25, -0.2) is 0 Å². The van der Waals surface area contributed by atoms with E-state index in [2.05, 4.69) is 37.8 Å². The quantitative estimate of drug-likeness (QED) is 0.553. The predicted molar refractivity (Wildman–Crippen MR) is 92.6 cm³/mol. The van der Waals surface area contributed by atoms with E-state index in [0.717, 1.165) is 4.90 Å². The Morgan fingerprint density at radius 1 is 1.10 bits per heavy atom. The third-order valence-electron chi connectivity index (χ3n) is 3.88. The summed E-state index contributed by atoms with van der Waals surface area (Å²) in [5, 5.41) is 0. The summed E-state index contributed by atoms with van der Waals surface area (Å²) in [5.41, 5.74) is 7.05. The molecular weight excluding hydrogens is 262 g/mol. The van der Waals surface area contributed by atoms with Crippen LogP contribution in [0.2, 0.25) is 0 Å². The van der Waals surface area contributed by atoms with Gasteiger partial charge in [-0.1, -0.05) is 57.6 Å². The van der Waals surface area contributed by atoms with Crippen molar-refractivity contribution in [1.29, 1.82) is 0 Å². The molecule has 0 saturated heterocycles. The maximum absolute atomic E-state index is 5.63. The minimum Gasteiger partial charge on any atom is -0.328 e. The van der Waals surface area contributed by atoms with Crippen molar-refractivity contribution < 1.29 is 0 Å². The zero-order chi connectivity index (χ0) is 14.6. The predicted octanol–water partition coefficient (Wildman–Crippen LogP) is 5.38. The number of unbranched alkanes of at least 4 members (excludes halogenated alkanes) is 3. The number of benzene rings is 1. The molecule has 0 aromatic heterocycles. The second kappa shape index (κ2) is 11.2. The molecule has 1 aliphatic carbocycles. The SMILES string of the molecule is CCCCCCc1cccc(S)c1.NC1CCCCC1. The highest BCUT2D eigenvalue weighted by Gasteiger charge is 2.06. The number of thiol groups is 1. The highest BCUT2D eigenvalue weighted by molar-refractivity contribution is 7.80. The zero-order valence-corrected chi connectivity index (χ0v) is 13.9. The van der Waals surface area contributed by atoms with Crippen LogP contribution >= 0.6 is 12.6 Å². The molecule has 1 aromatic rings. The monoisotopic (exact) mass is 293 g/mol. The van der Waals surface area contributed by atoms with E-state index in [0.29, 0.717) is 6.04 Å². The summed E-state index contributed by atoms with van der Waals surface area (Å²) in [6, 6.07) is 8.99. The van der Waals surface area contributed by atoms with E-state index in [9.17, 15) is 0 Å². The van der Waals surface area contributed by atoms with Gasteiger partial charge in [0.25, 0.3) is 0 Å². The molecule has 2 N–H and O–H groups in total. The van der Waals surface area contributed by atoms with Gasteiger partial charge in [0, 0.05) is 10.9 Å². The molecule has 20 heavy (non-hydrogen) atoms. The molecule has 1 saturated carbocycles. The average Bonchev–Trinajstić information content (AvgIpc) is 2.45. The van der Waals surface area contributed by atoms with Gasteiger partial charge in [0.15, 0.2) is 0 Å². The minimum atomic E-state index is 0.536. The highest BCUT2D eigenvalue weighted by atomic mass is 32.1. The number of rotatable bonds is 5. The molecule has 0 bridgehead atoms. The van der Waals surface area contributed by atoms with E-state index >= 15 is 0 Å². The Kier molecular flexibility index (Phi) is 9.86. The number of hydrogen-bond acceptors (Lipinski definition) is 2. The molecule has 1 aliphatic rings. The lowest BCUT2D eigenvalue weighted by Gasteiger charge is -2.15. The van der Waals surface area contributed by atoms with Crippen LogP contribution in [-0.2, 0) is 6.42 Å². The Morgan fingerprint density at radius 2 is 1.85 bits per heavy atom. The van der Waals surface area contributed by atoms with E-state index in [4.69, 9.17) is 5.73 Å². The Hall–Kier alpha value is -0.470. The van der Waals surface area contributed by atoms with Crippen LogP contribution in [0.4, 0.5) is 0 Å². The van der Waals surface area contributed by atoms with Crippen molar-refractivity contribution >= 4 is 12.6 Å². The molecule has 1 aromatic carbocycles. The van der Waals surface area contributed by atoms with Crippen molar-refractivity contribution in [2.75, 3.05) is 0 Å². The molecule has 0 unspecified atom stereocenters. The summed E-state index contributed by atoms with van der Waals surface area (Å²) in [6.07, 6.45) is 13.2. The van der Waals surface area contributed by atoms with Crippen LogP contribution in [0.1, 0.15) is 70.3 Å². The fourth-order valence-electron chi connectivity index (χ4n) is 2.60. The molecule has 0 amide bonds. The number of aryl methyl sites for hydroxylation is 1. The molecule has 2 heteroatoms. The van der Waals surface area contributed by atoms with E-state index in [1.54, 1.807) is 0 Å². The zero-order valence-electron chi connectivity index (χ0n) is 13.0. The van der Waals surface area contributed by atoms with Crippen LogP contribution in [0.5, 0.6) is 0 Å². The second-order valence-corrected chi connectivity index (χ2v) is 6.40. The minimum absolute atomic E-state index is 0.536. The highest BCUT2D eigenvalue weighted by Crippen LogP contribution is 2.15. The summed E-state index contributed by atoms with van der Waals surface area (Å²) < 4.78 is 0. The third kappa shape index (κ3) is 8.65. The summed E-state index contributed by atoms with van der Waals surface area (Å²) in [7, 11) is 0. The molecule has 114 valence electrons. The first kappa shape index (κ1) is 17.6. The molecule has 0 aliphatic heterocycles. The summed E-state index contributed by atoms with van der Waals surface area (Å²) >= 11 is 4.32. The van der Waals surface area contributed by atoms with Crippen LogP contribution in [0, 0.1) is 0 Å². The van der Waals surface area contributed by atoms with Gasteiger partial charge in [-0.05, 0) is 43.4 Å². The van der Waals surface area contributed by atoms with Crippen LogP contribution in [-0.4, -0.2) is 6.04 Å². The smallest absolute Gasteiger partial charge is 0.00427 e. The molecule has 0 spiro atoms. The van der Waals surface area contributed by atoms with Gasteiger partial charge in [-0.2, -0.15) is 0 Å². The van der Waals surface area contributed by atoms with Crippen molar-refractivity contribution in [2.45, 2.75) is 82.1 Å². The van der Waals surface area contributed by atoms with Crippen molar-refractivity contribution in [3.63, 3.8) is 0 Å². The normalized spacial score (nSPS) is 15.6. The van der Waals surface area contributed by atoms with Gasteiger partial charge >= 0.3 is 0 Å². The number of hydrogen-bond donors (Lipinski definition) is 2. The molecule has 0 atom stereocenters. The Morgan fingerprint density at radius 3 is 2.40 bits per heavy atom. The lowest BCUT2D eigenvalue weighted by molar-refractivity contribution is 0.441. The third-order valence-corrected chi connectivity index (χ3v) is 4.16. The van der Waals surface area contributed by atoms with Gasteiger partial charge in [0.05, 0.1) is 0 Å². The van der Waals surface area contributed by atoms with Gasteiger partial charge < -0.3 is 5.73 Å². The Bertz CT molecular complexity index is 345. The van der Waals surface area contributed by atoms with Crippen molar-refractivity contribution in [2.24, 2.45) is 5.73 Å². The average molecular weight is 294 g/mol. The van der Waals surface area contributed by atoms with Crippen LogP contribution in [0.15, 0.2) is 29.2 Å². The maximum Gasteiger partial charge on any atom is 0.00427 e. The summed E-state index contributed by atoms with van der Waals surface area (Å²) in [4.78, 5) is 1.08. The van der Waals surface area contributed by atoms with E-state index < -0.39 is 0 Å². The van der Waals surface area contributed by atoms with Gasteiger partial charge in [0.2, 0.25) is 0 Å². The van der Waals surface area contributed by atoms with E-state index in [1.807, 2.05) is 6.07 Å². The van der Waals surface area contributed by atoms with Crippen LogP contribution in [0.25, 0.3) is 0 Å². The van der Waals surface area contributed by atoms with E-state index in [1.165, 1.54) is 69.8 Å². The van der Waals surface area contributed by atoms with Crippen LogP contribution in [0.3, 0.4) is 0 Å². The first-order valence-electron chi connectivity index (χ1n) is 8.26. The summed E-state index contributed by atoms with van der Waals surface area (Å²) in [5.74, 6) is 0. The fraction of sp³-hybridized carbons (Fsp3) is 0.667. The van der Waals surface area contributed by atoms with E-state index in [-0.39, 0.29) is 0 Å². The van der Waals surface area contributed by atoms with Gasteiger partial charge in [0.1, 0.15) is 0 Å². The van der Waals surface area contributed by atoms with Crippen molar-refractivity contribution in [1.82, 2.24) is 0 Å². The lowest BCUT2D eigenvalue weighted by atomic mass is 9.97. The second-order valence-electron chi connectivity index (χ2n) is 5.88. The van der Waals surface area contributed by atoms with Crippen molar-refractivity contribution in [3.8, 4) is 0 Å². The Balaban J connectivity index is 0.000000240. The summed E-state index contributed by atoms with van der Waals surface area (Å²) in [6.45, 7) is 2.24. The fourth-order valence-corrected chi connectivity index (χ4v) is 2.85.